The number of carbonyl (C=O) groups excluding carboxylic acids is 1. The molecule has 1 unspecified atom stereocenters. The molecular weight excluding hydrogens is 358 g/mol. The van der Waals surface area contributed by atoms with Gasteiger partial charge in [-0.3, -0.25) is 0 Å². The van der Waals surface area contributed by atoms with E-state index in [0.717, 1.165) is 35.4 Å². The Labute approximate surface area is 163 Å². The quantitative estimate of drug-likeness (QED) is 0.651. The Kier molecular flexibility index (Phi) is 4.81. The number of carbonyl (C=O) groups is 1. The first-order valence-electron chi connectivity index (χ1n) is 9.27. The average Bonchev–Trinajstić information content (AvgIpc) is 3.46. The lowest BCUT2D eigenvalue weighted by Gasteiger charge is -2.18. The van der Waals surface area contributed by atoms with E-state index < -0.39 is 0 Å². The Bertz CT molecular complexity index is 1010. The van der Waals surface area contributed by atoms with Gasteiger partial charge in [-0.1, -0.05) is 0 Å². The molecule has 0 saturated heterocycles. The van der Waals surface area contributed by atoms with E-state index in [2.05, 4.69) is 15.6 Å². The van der Waals surface area contributed by atoms with Gasteiger partial charge in [-0.05, 0) is 56.2 Å². The van der Waals surface area contributed by atoms with Crippen LogP contribution in [0.4, 0.5) is 10.5 Å². The molecule has 2 amide bonds. The van der Waals surface area contributed by atoms with Gasteiger partial charge in [-0.2, -0.15) is 0 Å². The summed E-state index contributed by atoms with van der Waals surface area (Å²) >= 11 is 0. The van der Waals surface area contributed by atoms with E-state index in [-0.39, 0.29) is 12.1 Å². The van der Waals surface area contributed by atoms with E-state index >= 15 is 0 Å². The minimum Gasteiger partial charge on any atom is -0.497 e. The molecule has 0 aliphatic heterocycles. The maximum atomic E-state index is 12.5. The van der Waals surface area contributed by atoms with Gasteiger partial charge in [0.1, 0.15) is 17.0 Å². The zero-order valence-electron chi connectivity index (χ0n) is 16.1. The summed E-state index contributed by atoms with van der Waals surface area (Å²) in [4.78, 5) is 17.0. The smallest absolute Gasteiger partial charge is 0.319 e. The number of anilines is 1. The number of methoxy groups -OCH3 is 2. The predicted molar refractivity (Wildman–Crippen MR) is 106 cm³/mol. The Hall–Kier alpha value is -3.22. The largest absolute Gasteiger partial charge is 0.497 e. The van der Waals surface area contributed by atoms with Crippen LogP contribution in [0.1, 0.15) is 43.2 Å². The summed E-state index contributed by atoms with van der Waals surface area (Å²) in [6.45, 7) is 1.89. The Morgan fingerprint density at radius 1 is 1.18 bits per heavy atom. The van der Waals surface area contributed by atoms with Crippen LogP contribution < -0.4 is 20.1 Å². The number of fused-ring (bicyclic) bond motifs is 1. The minimum atomic E-state index is -0.317. The molecule has 0 radical (unpaired) electrons. The molecule has 2 aromatic carbocycles. The van der Waals surface area contributed by atoms with Crippen LogP contribution in [-0.4, -0.2) is 25.2 Å². The number of oxazole rings is 1. The summed E-state index contributed by atoms with van der Waals surface area (Å²) in [5, 5.41) is 5.77. The second-order valence-corrected chi connectivity index (χ2v) is 6.94. The van der Waals surface area contributed by atoms with Crippen LogP contribution in [0.15, 0.2) is 40.8 Å². The van der Waals surface area contributed by atoms with Gasteiger partial charge in [0.05, 0.1) is 20.3 Å². The molecule has 0 bridgehead atoms. The van der Waals surface area contributed by atoms with Crippen molar-refractivity contribution in [3.63, 3.8) is 0 Å². The van der Waals surface area contributed by atoms with Gasteiger partial charge in [0.15, 0.2) is 11.5 Å². The third kappa shape index (κ3) is 3.74. The molecule has 1 aliphatic rings. The van der Waals surface area contributed by atoms with Gasteiger partial charge in [0, 0.05) is 17.2 Å². The molecule has 28 heavy (non-hydrogen) atoms. The lowest BCUT2D eigenvalue weighted by atomic mass is 10.1. The molecule has 1 aromatic heterocycles. The highest BCUT2D eigenvalue weighted by atomic mass is 16.5. The highest BCUT2D eigenvalue weighted by Gasteiger charge is 2.28. The summed E-state index contributed by atoms with van der Waals surface area (Å²) in [6, 6.07) is 10.4. The normalized spacial score (nSPS) is 14.5. The van der Waals surface area contributed by atoms with Crippen LogP contribution in [0.5, 0.6) is 11.5 Å². The number of hydrogen-bond acceptors (Lipinski definition) is 5. The van der Waals surface area contributed by atoms with Gasteiger partial charge in [0.2, 0.25) is 0 Å². The molecule has 1 atom stereocenters. The van der Waals surface area contributed by atoms with Crippen molar-refractivity contribution in [2.45, 2.75) is 31.7 Å². The highest BCUT2D eigenvalue weighted by Crippen LogP contribution is 2.40. The topological polar surface area (TPSA) is 85.6 Å². The van der Waals surface area contributed by atoms with E-state index in [1.54, 1.807) is 20.3 Å². The predicted octanol–water partition coefficient (Wildman–Crippen LogP) is 4.61. The lowest BCUT2D eigenvalue weighted by Crippen LogP contribution is -2.31. The molecule has 1 fully saturated rings. The van der Waals surface area contributed by atoms with E-state index in [1.807, 2.05) is 37.3 Å². The van der Waals surface area contributed by atoms with Gasteiger partial charge >= 0.3 is 6.03 Å². The molecule has 146 valence electrons. The summed E-state index contributed by atoms with van der Waals surface area (Å²) in [5.74, 6) is 2.62. The fraction of sp³-hybridized carbons (Fsp3) is 0.333. The summed E-state index contributed by atoms with van der Waals surface area (Å²) < 4.78 is 16.4. The zero-order chi connectivity index (χ0) is 19.7. The van der Waals surface area contributed by atoms with E-state index in [9.17, 15) is 4.79 Å². The molecule has 0 spiro atoms. The van der Waals surface area contributed by atoms with Crippen molar-refractivity contribution in [2.75, 3.05) is 19.5 Å². The first-order valence-corrected chi connectivity index (χ1v) is 9.27. The number of ether oxygens (including phenoxy) is 2. The van der Waals surface area contributed by atoms with Crippen molar-refractivity contribution < 1.29 is 18.7 Å². The van der Waals surface area contributed by atoms with Crippen LogP contribution in [0.3, 0.4) is 0 Å². The molecule has 1 saturated carbocycles. The monoisotopic (exact) mass is 381 g/mol. The van der Waals surface area contributed by atoms with Crippen molar-refractivity contribution in [1.82, 2.24) is 10.3 Å². The van der Waals surface area contributed by atoms with E-state index in [0.29, 0.717) is 23.1 Å². The van der Waals surface area contributed by atoms with E-state index in [4.69, 9.17) is 13.9 Å². The van der Waals surface area contributed by atoms with Crippen molar-refractivity contribution in [2.24, 2.45) is 0 Å². The Morgan fingerprint density at radius 3 is 2.71 bits per heavy atom. The molecule has 2 N–H and O–H groups in total. The Balaban J connectivity index is 1.45. The van der Waals surface area contributed by atoms with Crippen molar-refractivity contribution >= 4 is 22.8 Å². The number of benzene rings is 2. The summed E-state index contributed by atoms with van der Waals surface area (Å²) in [7, 11) is 3.20. The van der Waals surface area contributed by atoms with Crippen molar-refractivity contribution in [3.8, 4) is 11.5 Å². The van der Waals surface area contributed by atoms with Gasteiger partial charge in [0.25, 0.3) is 0 Å². The third-order valence-electron chi connectivity index (χ3n) is 4.84. The number of hydrogen-bond donors (Lipinski definition) is 2. The molecule has 7 nitrogen and oxygen atoms in total. The lowest BCUT2D eigenvalue weighted by molar-refractivity contribution is 0.249. The molecule has 1 aliphatic carbocycles. The standard InChI is InChI=1S/C21H23N3O4/c1-12(16-11-15(26-2)7-9-18(16)27-3)22-21(25)23-14-6-8-19-17(10-14)24-20(28-19)13-4-5-13/h6-13H,4-5H2,1-3H3,(H2,22,23,25). The molecular formula is C21H23N3O4. The molecule has 4 rings (SSSR count). The molecule has 7 heteroatoms. The maximum Gasteiger partial charge on any atom is 0.319 e. The van der Waals surface area contributed by atoms with Crippen LogP contribution in [0.2, 0.25) is 0 Å². The van der Waals surface area contributed by atoms with Crippen molar-refractivity contribution in [1.29, 1.82) is 0 Å². The zero-order valence-corrected chi connectivity index (χ0v) is 16.1. The Morgan fingerprint density at radius 2 is 2.00 bits per heavy atom. The number of aromatic nitrogens is 1. The fourth-order valence-electron chi connectivity index (χ4n) is 3.15. The number of urea groups is 1. The van der Waals surface area contributed by atoms with Crippen LogP contribution in [-0.2, 0) is 0 Å². The minimum absolute atomic E-state index is 0.276. The van der Waals surface area contributed by atoms with Gasteiger partial charge in [-0.15, -0.1) is 0 Å². The SMILES string of the molecule is COc1ccc(OC)c(C(C)NC(=O)Nc2ccc3oc(C4CC4)nc3c2)c1. The number of nitrogens with zero attached hydrogens (tertiary/aromatic N) is 1. The van der Waals surface area contributed by atoms with Gasteiger partial charge in [-0.25, -0.2) is 9.78 Å². The summed E-state index contributed by atoms with van der Waals surface area (Å²) in [5.41, 5.74) is 2.98. The first-order chi connectivity index (χ1) is 13.6. The second kappa shape index (κ2) is 7.42. The number of rotatable bonds is 6. The highest BCUT2D eigenvalue weighted by molar-refractivity contribution is 5.91. The second-order valence-electron chi connectivity index (χ2n) is 6.94. The fourth-order valence-corrected chi connectivity index (χ4v) is 3.15. The molecule has 1 heterocycles. The molecule has 3 aromatic rings. The average molecular weight is 381 g/mol. The third-order valence-corrected chi connectivity index (χ3v) is 4.84. The van der Waals surface area contributed by atoms with Gasteiger partial charge < -0.3 is 24.5 Å². The van der Waals surface area contributed by atoms with Crippen LogP contribution in [0.25, 0.3) is 11.1 Å². The first kappa shape index (κ1) is 18.2. The number of amides is 2. The van der Waals surface area contributed by atoms with Crippen molar-refractivity contribution in [3.05, 3.63) is 47.9 Å². The maximum absolute atomic E-state index is 12.5. The summed E-state index contributed by atoms with van der Waals surface area (Å²) in [6.07, 6.45) is 2.26. The number of nitrogens with one attached hydrogen (secondary N) is 2. The van der Waals surface area contributed by atoms with Crippen LogP contribution >= 0.6 is 0 Å². The van der Waals surface area contributed by atoms with Crippen LogP contribution in [0, 0.1) is 0 Å². The van der Waals surface area contributed by atoms with E-state index in [1.165, 1.54) is 0 Å².